The summed E-state index contributed by atoms with van der Waals surface area (Å²) in [5.74, 6) is -0.998. The van der Waals surface area contributed by atoms with E-state index < -0.39 is 6.10 Å². The Morgan fingerprint density at radius 1 is 0.333 bits per heavy atom. The van der Waals surface area contributed by atoms with Gasteiger partial charge in [-0.25, -0.2) is 0 Å². The zero-order valence-electron chi connectivity index (χ0n) is 41.3. The van der Waals surface area contributed by atoms with Gasteiger partial charge in [0.15, 0.2) is 6.10 Å². The second-order valence-electron chi connectivity index (χ2n) is 17.4. The Morgan fingerprint density at radius 3 is 1.05 bits per heavy atom. The van der Waals surface area contributed by atoms with Crippen LogP contribution in [0.5, 0.6) is 0 Å². The third-order valence-corrected chi connectivity index (χ3v) is 11.2. The molecule has 0 spiro atoms. The standard InChI is InChI=1S/C57H98O6/c1-4-7-10-13-16-19-21-23-25-27-28-30-31-33-35-38-41-44-47-50-56(59)62-53-54(52-61-55(58)49-46-43-40-37-18-15-12-9-6-3)63-57(60)51-48-45-42-39-36-34-32-29-26-24-22-20-17-14-11-8-5-2/h9,12,17-18,20,24,26,32,34,37,39,42,54H,4-8,10-11,13-16,19,21-23,25,27-31,33,35-36,38,40-41,43-53H2,1-3H3/b12-9-,20-17-,26-24-,34-32-,37-18-,42-39-. The molecule has 6 nitrogen and oxygen atoms in total. The summed E-state index contributed by atoms with van der Waals surface area (Å²) in [6.45, 7) is 6.42. The number of allylic oxidation sites excluding steroid dienone is 12. The molecule has 0 N–H and O–H groups in total. The van der Waals surface area contributed by atoms with Gasteiger partial charge in [-0.2, -0.15) is 0 Å². The third kappa shape index (κ3) is 49.7. The number of hydrogen-bond donors (Lipinski definition) is 0. The van der Waals surface area contributed by atoms with E-state index in [0.29, 0.717) is 19.3 Å². The van der Waals surface area contributed by atoms with Gasteiger partial charge in [0.05, 0.1) is 0 Å². The highest BCUT2D eigenvalue weighted by Gasteiger charge is 2.19. The third-order valence-electron chi connectivity index (χ3n) is 11.2. The number of unbranched alkanes of at least 4 members (excludes halogenated alkanes) is 24. The van der Waals surface area contributed by atoms with E-state index in [4.69, 9.17) is 14.2 Å². The van der Waals surface area contributed by atoms with Crippen LogP contribution in [0.2, 0.25) is 0 Å². The molecule has 1 atom stereocenters. The van der Waals surface area contributed by atoms with E-state index in [9.17, 15) is 14.4 Å². The van der Waals surface area contributed by atoms with Crippen LogP contribution >= 0.6 is 0 Å². The van der Waals surface area contributed by atoms with Crippen molar-refractivity contribution in [2.24, 2.45) is 0 Å². The zero-order chi connectivity index (χ0) is 45.8. The fraction of sp³-hybridized carbons (Fsp3) is 0.737. The zero-order valence-corrected chi connectivity index (χ0v) is 41.3. The number of esters is 3. The van der Waals surface area contributed by atoms with Crippen molar-refractivity contribution in [2.75, 3.05) is 13.2 Å². The average Bonchev–Trinajstić information content (AvgIpc) is 3.28. The monoisotopic (exact) mass is 879 g/mol. The highest BCUT2D eigenvalue weighted by molar-refractivity contribution is 5.71. The van der Waals surface area contributed by atoms with E-state index in [-0.39, 0.29) is 37.5 Å². The van der Waals surface area contributed by atoms with E-state index in [1.165, 1.54) is 128 Å². The van der Waals surface area contributed by atoms with Crippen LogP contribution in [0.25, 0.3) is 0 Å². The van der Waals surface area contributed by atoms with Gasteiger partial charge in [-0.3, -0.25) is 14.4 Å². The molecule has 0 amide bonds. The smallest absolute Gasteiger partial charge is 0.306 e. The first kappa shape index (κ1) is 59.9. The van der Waals surface area contributed by atoms with Gasteiger partial charge in [0, 0.05) is 19.3 Å². The van der Waals surface area contributed by atoms with Gasteiger partial charge < -0.3 is 14.2 Å². The number of rotatable bonds is 47. The van der Waals surface area contributed by atoms with Gasteiger partial charge in [0.1, 0.15) is 13.2 Å². The predicted molar refractivity (Wildman–Crippen MR) is 270 cm³/mol. The summed E-state index contributed by atoms with van der Waals surface area (Å²) < 4.78 is 16.7. The summed E-state index contributed by atoms with van der Waals surface area (Å²) in [5.41, 5.74) is 0. The number of ether oxygens (including phenoxy) is 3. The molecular weight excluding hydrogens is 781 g/mol. The number of hydrogen-bond acceptors (Lipinski definition) is 6. The van der Waals surface area contributed by atoms with Gasteiger partial charge in [-0.15, -0.1) is 0 Å². The Labute approximate surface area is 389 Å². The van der Waals surface area contributed by atoms with Crippen LogP contribution < -0.4 is 0 Å². The fourth-order valence-electron chi connectivity index (χ4n) is 7.24. The second-order valence-corrected chi connectivity index (χ2v) is 17.4. The molecule has 0 bridgehead atoms. The predicted octanol–water partition coefficient (Wildman–Crippen LogP) is 17.4. The summed E-state index contributed by atoms with van der Waals surface area (Å²) >= 11 is 0. The summed E-state index contributed by atoms with van der Waals surface area (Å²) in [5, 5.41) is 0. The first-order valence-corrected chi connectivity index (χ1v) is 26.4. The van der Waals surface area contributed by atoms with Crippen molar-refractivity contribution in [1.29, 1.82) is 0 Å². The molecule has 0 rings (SSSR count). The van der Waals surface area contributed by atoms with E-state index >= 15 is 0 Å². The topological polar surface area (TPSA) is 78.9 Å². The molecule has 1 unspecified atom stereocenters. The summed E-state index contributed by atoms with van der Waals surface area (Å²) in [4.78, 5) is 37.9. The van der Waals surface area contributed by atoms with Gasteiger partial charge >= 0.3 is 17.9 Å². The lowest BCUT2D eigenvalue weighted by Gasteiger charge is -2.18. The maximum absolute atomic E-state index is 12.8. The van der Waals surface area contributed by atoms with Crippen molar-refractivity contribution in [3.8, 4) is 0 Å². The van der Waals surface area contributed by atoms with E-state index in [1.807, 2.05) is 0 Å². The van der Waals surface area contributed by atoms with Crippen molar-refractivity contribution in [1.82, 2.24) is 0 Å². The lowest BCUT2D eigenvalue weighted by Crippen LogP contribution is -2.30. The molecule has 0 saturated carbocycles. The average molecular weight is 879 g/mol. The number of carbonyl (C=O) groups is 3. The van der Waals surface area contributed by atoms with Crippen molar-refractivity contribution in [3.05, 3.63) is 72.9 Å². The maximum atomic E-state index is 12.8. The molecule has 0 fully saturated rings. The van der Waals surface area contributed by atoms with Crippen LogP contribution in [0.4, 0.5) is 0 Å². The largest absolute Gasteiger partial charge is 0.462 e. The second kappa shape index (κ2) is 51.5. The Bertz CT molecular complexity index is 1190. The Kier molecular flexibility index (Phi) is 48.9. The van der Waals surface area contributed by atoms with E-state index in [0.717, 1.165) is 77.0 Å². The maximum Gasteiger partial charge on any atom is 0.306 e. The molecule has 362 valence electrons. The number of carbonyl (C=O) groups excluding carboxylic acids is 3. The summed E-state index contributed by atoms with van der Waals surface area (Å²) in [7, 11) is 0. The summed E-state index contributed by atoms with van der Waals surface area (Å²) in [6, 6.07) is 0. The van der Waals surface area contributed by atoms with Crippen LogP contribution in [-0.2, 0) is 28.6 Å². The first-order chi connectivity index (χ1) is 31.0. The van der Waals surface area contributed by atoms with Crippen LogP contribution in [0, 0.1) is 0 Å². The Hall–Kier alpha value is -3.15. The molecule has 0 aliphatic heterocycles. The molecule has 0 aromatic rings. The fourth-order valence-corrected chi connectivity index (χ4v) is 7.24. The van der Waals surface area contributed by atoms with Crippen molar-refractivity contribution in [2.45, 2.75) is 258 Å². The van der Waals surface area contributed by atoms with Crippen molar-refractivity contribution < 1.29 is 28.6 Å². The van der Waals surface area contributed by atoms with Gasteiger partial charge in [0.2, 0.25) is 0 Å². The van der Waals surface area contributed by atoms with Crippen LogP contribution in [0.1, 0.15) is 252 Å². The molecule has 0 aromatic carbocycles. The van der Waals surface area contributed by atoms with E-state index in [2.05, 4.69) is 93.7 Å². The highest BCUT2D eigenvalue weighted by Crippen LogP contribution is 2.15. The first-order valence-electron chi connectivity index (χ1n) is 26.4. The van der Waals surface area contributed by atoms with Crippen molar-refractivity contribution in [3.63, 3.8) is 0 Å². The molecule has 0 saturated heterocycles. The highest BCUT2D eigenvalue weighted by atomic mass is 16.6. The van der Waals surface area contributed by atoms with Crippen LogP contribution in [0.15, 0.2) is 72.9 Å². The van der Waals surface area contributed by atoms with Crippen molar-refractivity contribution >= 4 is 17.9 Å². The quantitative estimate of drug-likeness (QED) is 0.0262. The molecule has 6 heteroatoms. The van der Waals surface area contributed by atoms with Gasteiger partial charge in [0.25, 0.3) is 0 Å². The van der Waals surface area contributed by atoms with Gasteiger partial charge in [-0.05, 0) is 83.5 Å². The molecule has 0 heterocycles. The lowest BCUT2D eigenvalue weighted by molar-refractivity contribution is -0.167. The SMILES string of the molecule is CC/C=C\C/C=C\CCCCC(=O)OCC(COC(=O)CCCCCCCCCCCCCCCCCCCCC)OC(=O)CCC/C=C\C/C=C\C/C=C\C/C=C\CCCCC. The van der Waals surface area contributed by atoms with Crippen LogP contribution in [0.3, 0.4) is 0 Å². The molecule has 0 aliphatic rings. The minimum absolute atomic E-state index is 0.106. The lowest BCUT2D eigenvalue weighted by atomic mass is 10.0. The minimum atomic E-state index is -0.814. The van der Waals surface area contributed by atoms with Gasteiger partial charge in [-0.1, -0.05) is 222 Å². The van der Waals surface area contributed by atoms with E-state index in [1.54, 1.807) is 0 Å². The molecule has 0 aromatic heterocycles. The normalized spacial score (nSPS) is 12.6. The van der Waals surface area contributed by atoms with Crippen LogP contribution in [-0.4, -0.2) is 37.2 Å². The minimum Gasteiger partial charge on any atom is -0.462 e. The molecular formula is C57H98O6. The molecule has 0 aliphatic carbocycles. The molecule has 63 heavy (non-hydrogen) atoms. The molecule has 0 radical (unpaired) electrons. The Morgan fingerprint density at radius 2 is 0.635 bits per heavy atom. The summed E-state index contributed by atoms with van der Waals surface area (Å²) in [6.07, 6.45) is 64.9. The Balaban J connectivity index is 4.38.